The number of carbonyl (C=O) groups is 4. The number of hydrogen-bond donors (Lipinski definition) is 4. The lowest BCUT2D eigenvalue weighted by Crippen LogP contribution is -2.50. The van der Waals surface area contributed by atoms with Crippen molar-refractivity contribution in [2.45, 2.75) is 38.1 Å². The number of aromatic amines is 1. The number of methoxy groups -OCH3 is 1. The normalized spacial score (nSPS) is 15.8. The van der Waals surface area contributed by atoms with E-state index in [1.54, 1.807) is 24.1 Å². The molecule has 0 aliphatic carbocycles. The number of benzene rings is 2. The molecule has 2 aromatic carbocycles. The van der Waals surface area contributed by atoms with Crippen molar-refractivity contribution < 1.29 is 23.9 Å². The van der Waals surface area contributed by atoms with Crippen LogP contribution in [0.3, 0.4) is 0 Å². The number of H-pyrrole nitrogens is 1. The molecule has 0 saturated carbocycles. The van der Waals surface area contributed by atoms with Gasteiger partial charge in [0.15, 0.2) is 5.78 Å². The second kappa shape index (κ2) is 11.3. The fraction of sp³-hybridized carbons (Fsp3) is 0.370. The van der Waals surface area contributed by atoms with Crippen LogP contribution in [0.2, 0.25) is 0 Å². The minimum Gasteiger partial charge on any atom is -0.497 e. The highest BCUT2D eigenvalue weighted by molar-refractivity contribution is 6.38. The number of piperidine rings is 1. The van der Waals surface area contributed by atoms with Crippen LogP contribution in [0.1, 0.15) is 41.6 Å². The summed E-state index contributed by atoms with van der Waals surface area (Å²) < 4.78 is 5.31. The number of ether oxygens (including phenoxy) is 1. The van der Waals surface area contributed by atoms with Crippen molar-refractivity contribution in [1.82, 2.24) is 19.8 Å². The number of anilines is 2. The summed E-state index contributed by atoms with van der Waals surface area (Å²) in [5.41, 5.74) is 9.46. The fourth-order valence-corrected chi connectivity index (χ4v) is 5.48. The minimum absolute atomic E-state index is 0.0411. The zero-order valence-corrected chi connectivity index (χ0v) is 22.6. The van der Waals surface area contributed by atoms with Gasteiger partial charge in [-0.05, 0) is 49.1 Å². The first kappa shape index (κ1) is 27.0. The van der Waals surface area contributed by atoms with Gasteiger partial charge < -0.3 is 30.6 Å². The molecular formula is C27H32BN7O5. The van der Waals surface area contributed by atoms with Gasteiger partial charge in [0.25, 0.3) is 0 Å². The van der Waals surface area contributed by atoms with Crippen LogP contribution in [0.15, 0.2) is 30.3 Å². The number of aromatic nitrogens is 2. The largest absolute Gasteiger partial charge is 0.497 e. The average molecular weight is 545 g/mol. The number of hydrogen-bond acceptors (Lipinski definition) is 6. The third-order valence-corrected chi connectivity index (χ3v) is 7.61. The van der Waals surface area contributed by atoms with Gasteiger partial charge in [0, 0.05) is 49.8 Å². The van der Waals surface area contributed by atoms with E-state index in [1.165, 1.54) is 0 Å². The molecule has 2 aliphatic rings. The van der Waals surface area contributed by atoms with Crippen molar-refractivity contribution in [2.75, 3.05) is 37.4 Å². The quantitative estimate of drug-likeness (QED) is 0.259. The number of likely N-dealkylation sites (tertiary alicyclic amines) is 1. The molecule has 3 aromatic rings. The van der Waals surface area contributed by atoms with E-state index in [2.05, 4.69) is 20.6 Å². The molecule has 12 nitrogen and oxygen atoms in total. The van der Waals surface area contributed by atoms with E-state index >= 15 is 0 Å². The molecule has 2 aliphatic heterocycles. The van der Waals surface area contributed by atoms with Crippen LogP contribution in [0.4, 0.5) is 21.2 Å². The number of fused-ring (bicyclic) bond motifs is 2. The van der Waals surface area contributed by atoms with Crippen LogP contribution in [0.25, 0.3) is 11.0 Å². The Kier molecular flexibility index (Phi) is 7.63. The highest BCUT2D eigenvalue weighted by Crippen LogP contribution is 2.28. The predicted octanol–water partition coefficient (Wildman–Crippen LogP) is 1.36. The van der Waals surface area contributed by atoms with Crippen LogP contribution >= 0.6 is 0 Å². The maximum atomic E-state index is 12.9. The van der Waals surface area contributed by atoms with E-state index in [1.807, 2.05) is 30.9 Å². The number of Topliss-reactive ketones (excluding diaryl/α,β-unsaturated/α-hetero) is 1. The van der Waals surface area contributed by atoms with E-state index in [-0.39, 0.29) is 42.6 Å². The molecule has 40 heavy (non-hydrogen) atoms. The highest BCUT2D eigenvalue weighted by Gasteiger charge is 2.31. The second-order valence-electron chi connectivity index (χ2n) is 10.2. The highest BCUT2D eigenvalue weighted by atomic mass is 16.5. The predicted molar refractivity (Wildman–Crippen MR) is 153 cm³/mol. The lowest BCUT2D eigenvalue weighted by Gasteiger charge is -2.38. The van der Waals surface area contributed by atoms with Gasteiger partial charge in [-0.1, -0.05) is 11.5 Å². The van der Waals surface area contributed by atoms with E-state index < -0.39 is 6.03 Å². The molecule has 0 unspecified atom stereocenters. The Morgan fingerprint density at radius 1 is 1.15 bits per heavy atom. The number of ketones is 1. The van der Waals surface area contributed by atoms with Gasteiger partial charge in [-0.3, -0.25) is 14.9 Å². The summed E-state index contributed by atoms with van der Waals surface area (Å²) >= 11 is 0. The molecule has 0 atom stereocenters. The zero-order chi connectivity index (χ0) is 28.4. The van der Waals surface area contributed by atoms with Gasteiger partial charge in [0.2, 0.25) is 11.9 Å². The van der Waals surface area contributed by atoms with E-state index in [0.29, 0.717) is 49.1 Å². The Morgan fingerprint density at radius 2 is 1.93 bits per heavy atom. The van der Waals surface area contributed by atoms with Gasteiger partial charge in [-0.15, -0.1) is 0 Å². The first-order chi connectivity index (χ1) is 19.2. The summed E-state index contributed by atoms with van der Waals surface area (Å²) in [5, 5.41) is 5.40. The van der Waals surface area contributed by atoms with Crippen molar-refractivity contribution >= 4 is 59.7 Å². The van der Waals surface area contributed by atoms with Crippen molar-refractivity contribution in [2.24, 2.45) is 5.73 Å². The van der Waals surface area contributed by atoms with Gasteiger partial charge in [-0.2, -0.15) is 0 Å². The van der Waals surface area contributed by atoms with Crippen molar-refractivity contribution in [3.05, 3.63) is 41.5 Å². The molecule has 13 heteroatoms. The van der Waals surface area contributed by atoms with Crippen molar-refractivity contribution in [1.29, 1.82) is 0 Å². The molecule has 5 N–H and O–H groups in total. The molecule has 208 valence electrons. The van der Waals surface area contributed by atoms with Gasteiger partial charge >= 0.3 is 12.1 Å². The molecule has 0 radical (unpaired) electrons. The number of nitrogens with two attached hydrogens (primary N) is 1. The summed E-state index contributed by atoms with van der Waals surface area (Å²) in [4.78, 5) is 60.8. The number of nitrogens with one attached hydrogen (secondary N) is 3. The number of amides is 5. The van der Waals surface area contributed by atoms with Gasteiger partial charge in [0.05, 0.1) is 18.1 Å². The first-order valence-electron chi connectivity index (χ1n) is 13.3. The number of primary amides is 1. The van der Waals surface area contributed by atoms with Crippen LogP contribution in [-0.4, -0.2) is 84.2 Å². The molecule has 1 fully saturated rings. The van der Waals surface area contributed by atoms with Crippen LogP contribution < -0.4 is 26.6 Å². The summed E-state index contributed by atoms with van der Waals surface area (Å²) in [7, 11) is 3.46. The molecule has 0 bridgehead atoms. The summed E-state index contributed by atoms with van der Waals surface area (Å²) in [6.07, 6.45) is 2.28. The summed E-state index contributed by atoms with van der Waals surface area (Å²) in [5.74, 6) is 0.738. The van der Waals surface area contributed by atoms with Crippen LogP contribution in [0, 0.1) is 0 Å². The Morgan fingerprint density at radius 3 is 2.65 bits per heavy atom. The van der Waals surface area contributed by atoms with Crippen molar-refractivity contribution in [3.8, 4) is 5.75 Å². The van der Waals surface area contributed by atoms with Crippen molar-refractivity contribution in [3.63, 3.8) is 0 Å². The Labute approximate surface area is 232 Å². The monoisotopic (exact) mass is 545 g/mol. The van der Waals surface area contributed by atoms with Gasteiger partial charge in [0.1, 0.15) is 13.6 Å². The molecule has 1 saturated heterocycles. The Bertz CT molecular complexity index is 1480. The SMILES string of the molecule is Bc1cc(C(=O)CCC(=O)N2CCC(N3CCc4cc(OC)ccc4NC3=O)CC2)cc2nc(NC(N)=O)[nH]c12. The average Bonchev–Trinajstić information content (AvgIpc) is 3.26. The third kappa shape index (κ3) is 5.73. The molecule has 5 amide bonds. The summed E-state index contributed by atoms with van der Waals surface area (Å²) in [6, 6.07) is 8.22. The Hall–Kier alpha value is -4.55. The summed E-state index contributed by atoms with van der Waals surface area (Å²) in [6.45, 7) is 1.67. The lowest BCUT2D eigenvalue weighted by molar-refractivity contribution is -0.132. The molecular weight excluding hydrogens is 513 g/mol. The first-order valence-corrected chi connectivity index (χ1v) is 13.3. The van der Waals surface area contributed by atoms with E-state index in [4.69, 9.17) is 10.5 Å². The minimum atomic E-state index is -0.739. The fourth-order valence-electron chi connectivity index (χ4n) is 5.48. The number of carbonyl (C=O) groups excluding carboxylic acids is 4. The number of rotatable bonds is 7. The lowest BCUT2D eigenvalue weighted by atomic mass is 9.91. The zero-order valence-electron chi connectivity index (χ0n) is 22.6. The molecule has 3 heterocycles. The van der Waals surface area contributed by atoms with E-state index in [0.717, 1.165) is 28.9 Å². The molecule has 5 rings (SSSR count). The maximum absolute atomic E-state index is 12.9. The van der Waals surface area contributed by atoms with E-state index in [9.17, 15) is 19.2 Å². The smallest absolute Gasteiger partial charge is 0.322 e. The number of urea groups is 2. The second-order valence-corrected chi connectivity index (χ2v) is 10.2. The Balaban J connectivity index is 1.13. The maximum Gasteiger partial charge on any atom is 0.322 e. The number of imidazole rings is 1. The number of nitrogens with zero attached hydrogens (tertiary/aromatic N) is 3. The standard InChI is InChI=1S/C27H32BN7O5/c1-40-18-2-3-20-15(12-18)6-11-35(27(39)31-20)17-7-9-34(10-8-17)23(37)5-4-22(36)16-13-19(28)24-21(14-16)30-26(32-24)33-25(29)38/h2-3,12-14,17H,4-11,28H2,1H3,(H,31,39)(H4,29,30,32,33,38). The van der Waals surface area contributed by atoms with Crippen LogP contribution in [0.5, 0.6) is 5.75 Å². The molecule has 1 aromatic heterocycles. The topological polar surface area (TPSA) is 163 Å². The molecule has 0 spiro atoms. The van der Waals surface area contributed by atoms with Crippen LogP contribution in [-0.2, 0) is 11.2 Å². The van der Waals surface area contributed by atoms with Gasteiger partial charge in [-0.25, -0.2) is 14.6 Å². The third-order valence-electron chi connectivity index (χ3n) is 7.61.